The molecule has 0 fully saturated rings. The fourth-order valence-electron chi connectivity index (χ4n) is 1.73. The molecule has 122 valence electrons. The van der Waals surface area contributed by atoms with E-state index in [1.54, 1.807) is 0 Å². The predicted molar refractivity (Wildman–Crippen MR) is 82.2 cm³/mol. The molecule has 0 radical (unpaired) electrons. The lowest BCUT2D eigenvalue weighted by molar-refractivity contribution is -0.0830. The van der Waals surface area contributed by atoms with Gasteiger partial charge in [-0.25, -0.2) is 8.42 Å². The van der Waals surface area contributed by atoms with E-state index in [2.05, 4.69) is 0 Å². The highest BCUT2D eigenvalue weighted by Gasteiger charge is 2.33. The first-order valence-corrected chi connectivity index (χ1v) is 8.78. The molecular weight excluding hydrogens is 278 g/mol. The predicted octanol–water partition coefficient (Wildman–Crippen LogP) is 1.86. The molecule has 0 bridgehead atoms. The molecule has 2 atom stereocenters. The van der Waals surface area contributed by atoms with E-state index < -0.39 is 21.7 Å². The van der Waals surface area contributed by atoms with E-state index in [-0.39, 0.29) is 24.7 Å². The largest absolute Gasteiger partial charge is 0.394 e. The van der Waals surface area contributed by atoms with Crippen molar-refractivity contribution in [2.45, 2.75) is 66.2 Å². The van der Waals surface area contributed by atoms with Gasteiger partial charge in [0.15, 0.2) is 0 Å². The Morgan fingerprint density at radius 1 is 1.15 bits per heavy atom. The van der Waals surface area contributed by atoms with Gasteiger partial charge in [0.1, 0.15) is 0 Å². The summed E-state index contributed by atoms with van der Waals surface area (Å²) in [5.74, 6) is 0. The molecule has 0 amide bonds. The Hall–Kier alpha value is -0.170. The Balaban J connectivity index is 5.02. The minimum Gasteiger partial charge on any atom is -0.394 e. The van der Waals surface area contributed by atoms with E-state index in [1.165, 1.54) is 10.6 Å². The zero-order chi connectivity index (χ0) is 16.4. The second-order valence-corrected chi connectivity index (χ2v) is 9.32. The summed E-state index contributed by atoms with van der Waals surface area (Å²) in [4.78, 5) is 0. The third kappa shape index (κ3) is 6.52. The number of nitrogens with zero attached hydrogens (tertiary/aromatic N) is 1. The molecule has 0 rings (SSSR count). The highest BCUT2D eigenvalue weighted by atomic mass is 32.2. The molecule has 6 heteroatoms. The summed E-state index contributed by atoms with van der Waals surface area (Å²) < 4.78 is 31.0. The molecule has 0 heterocycles. The van der Waals surface area contributed by atoms with E-state index in [0.29, 0.717) is 0 Å². The van der Waals surface area contributed by atoms with Gasteiger partial charge in [-0.3, -0.25) is 0 Å². The Morgan fingerprint density at radius 2 is 1.60 bits per heavy atom. The molecule has 0 aromatic heterocycles. The third-order valence-electron chi connectivity index (χ3n) is 3.34. The van der Waals surface area contributed by atoms with Gasteiger partial charge in [-0.15, -0.1) is 0 Å². The normalized spacial score (nSPS) is 17.3. The van der Waals surface area contributed by atoms with Gasteiger partial charge in [-0.05, 0) is 33.1 Å². The zero-order valence-corrected chi connectivity index (χ0v) is 14.9. The summed E-state index contributed by atoms with van der Waals surface area (Å²) in [7, 11) is -3.36. The first kappa shape index (κ1) is 19.8. The maximum atomic E-state index is 11.9. The molecule has 0 spiro atoms. The molecule has 0 saturated carbocycles. The lowest BCUT2D eigenvalue weighted by atomic mass is 9.90. The lowest BCUT2D eigenvalue weighted by Crippen LogP contribution is -2.50. The van der Waals surface area contributed by atoms with Crippen LogP contribution in [-0.2, 0) is 14.8 Å². The van der Waals surface area contributed by atoms with E-state index in [4.69, 9.17) is 4.74 Å². The van der Waals surface area contributed by atoms with Crippen molar-refractivity contribution in [3.63, 3.8) is 0 Å². The fourth-order valence-corrected chi connectivity index (χ4v) is 3.16. The van der Waals surface area contributed by atoms with Crippen LogP contribution in [0.15, 0.2) is 0 Å². The van der Waals surface area contributed by atoms with Gasteiger partial charge in [-0.1, -0.05) is 20.8 Å². The van der Waals surface area contributed by atoms with Gasteiger partial charge in [0.05, 0.1) is 25.1 Å². The molecule has 0 unspecified atom stereocenters. The fraction of sp³-hybridized carbons (Fsp3) is 1.00. The maximum absolute atomic E-state index is 11.9. The van der Waals surface area contributed by atoms with Gasteiger partial charge in [0.2, 0.25) is 10.0 Å². The summed E-state index contributed by atoms with van der Waals surface area (Å²) in [6, 6.07) is 0. The Labute approximate surface area is 124 Å². The summed E-state index contributed by atoms with van der Waals surface area (Å²) in [5.41, 5.74) is -0.611. The summed E-state index contributed by atoms with van der Waals surface area (Å²) in [6.45, 7) is 13.5. The highest BCUT2D eigenvalue weighted by molar-refractivity contribution is 7.88. The number of aliphatic hydroxyl groups is 1. The molecule has 1 N–H and O–H groups in total. The van der Waals surface area contributed by atoms with Crippen LogP contribution in [0.1, 0.15) is 48.5 Å². The summed E-state index contributed by atoms with van der Waals surface area (Å²) in [6.07, 6.45) is 0.569. The van der Waals surface area contributed by atoms with Gasteiger partial charge in [-0.2, -0.15) is 4.31 Å². The van der Waals surface area contributed by atoms with Crippen LogP contribution in [0, 0.1) is 5.41 Å². The number of ether oxygens (including phenoxy) is 1. The molecular formula is C14H31NO4S. The maximum Gasteiger partial charge on any atom is 0.211 e. The first-order chi connectivity index (χ1) is 8.69. The van der Waals surface area contributed by atoms with Crippen LogP contribution < -0.4 is 0 Å². The van der Waals surface area contributed by atoms with Crippen molar-refractivity contribution in [3.05, 3.63) is 0 Å². The van der Waals surface area contributed by atoms with Crippen LogP contribution in [0.3, 0.4) is 0 Å². The molecule has 20 heavy (non-hydrogen) atoms. The standard InChI is InChI=1S/C14H31NO4S/c1-11(13(2,3)4)19-12(10-16)9-15(14(5,6)7)20(8,17)18/h11-12,16H,9-10H2,1-8H3/t11-,12-/m0/s1. The van der Waals surface area contributed by atoms with Crippen LogP contribution in [0.25, 0.3) is 0 Å². The van der Waals surface area contributed by atoms with Crippen molar-refractivity contribution in [1.29, 1.82) is 0 Å². The van der Waals surface area contributed by atoms with Crippen LogP contribution in [-0.4, -0.2) is 55.0 Å². The van der Waals surface area contributed by atoms with Crippen molar-refractivity contribution >= 4 is 10.0 Å². The van der Waals surface area contributed by atoms with Gasteiger partial charge in [0, 0.05) is 12.1 Å². The van der Waals surface area contributed by atoms with Gasteiger partial charge < -0.3 is 9.84 Å². The monoisotopic (exact) mass is 309 g/mol. The smallest absolute Gasteiger partial charge is 0.211 e. The van der Waals surface area contributed by atoms with E-state index in [1.807, 2.05) is 48.5 Å². The topological polar surface area (TPSA) is 66.8 Å². The van der Waals surface area contributed by atoms with Crippen LogP contribution in [0.2, 0.25) is 0 Å². The molecule has 5 nitrogen and oxygen atoms in total. The quantitative estimate of drug-likeness (QED) is 0.813. The Morgan fingerprint density at radius 3 is 1.85 bits per heavy atom. The number of hydrogen-bond acceptors (Lipinski definition) is 4. The number of rotatable bonds is 6. The Bertz CT molecular complexity index is 392. The third-order valence-corrected chi connectivity index (χ3v) is 4.84. The second-order valence-electron chi connectivity index (χ2n) is 7.41. The van der Waals surface area contributed by atoms with Gasteiger partial charge >= 0.3 is 0 Å². The average molecular weight is 309 g/mol. The zero-order valence-electron chi connectivity index (χ0n) is 14.1. The van der Waals surface area contributed by atoms with Crippen molar-refractivity contribution < 1.29 is 18.3 Å². The first-order valence-electron chi connectivity index (χ1n) is 6.93. The van der Waals surface area contributed by atoms with E-state index >= 15 is 0 Å². The lowest BCUT2D eigenvalue weighted by Gasteiger charge is -2.37. The van der Waals surface area contributed by atoms with Crippen molar-refractivity contribution in [1.82, 2.24) is 4.31 Å². The SMILES string of the molecule is C[C@H](O[C@H](CO)CN(C(C)(C)C)S(C)(=O)=O)C(C)(C)C. The number of sulfonamides is 1. The highest BCUT2D eigenvalue weighted by Crippen LogP contribution is 2.24. The molecule has 0 aromatic carbocycles. The summed E-state index contributed by atoms with van der Waals surface area (Å²) >= 11 is 0. The van der Waals surface area contributed by atoms with Crippen molar-refractivity contribution in [3.8, 4) is 0 Å². The average Bonchev–Trinajstić information content (AvgIpc) is 2.18. The van der Waals surface area contributed by atoms with Crippen molar-refractivity contribution in [2.75, 3.05) is 19.4 Å². The number of hydrogen-bond donors (Lipinski definition) is 1. The van der Waals surface area contributed by atoms with E-state index in [9.17, 15) is 13.5 Å². The molecule has 0 saturated heterocycles. The minimum atomic E-state index is -3.36. The van der Waals surface area contributed by atoms with Crippen LogP contribution >= 0.6 is 0 Å². The van der Waals surface area contributed by atoms with E-state index in [0.717, 1.165) is 0 Å². The number of aliphatic hydroxyl groups excluding tert-OH is 1. The minimum absolute atomic E-state index is 0.0644. The summed E-state index contributed by atoms with van der Waals surface area (Å²) in [5, 5.41) is 9.47. The van der Waals surface area contributed by atoms with Crippen molar-refractivity contribution in [2.24, 2.45) is 5.41 Å². The molecule has 0 aliphatic carbocycles. The molecule has 0 aromatic rings. The Kier molecular flexibility index (Phi) is 6.67. The van der Waals surface area contributed by atoms with Gasteiger partial charge in [0.25, 0.3) is 0 Å². The molecule has 0 aliphatic rings. The van der Waals surface area contributed by atoms with Crippen LogP contribution in [0.4, 0.5) is 0 Å². The molecule has 0 aliphatic heterocycles. The second kappa shape index (κ2) is 6.73. The van der Waals surface area contributed by atoms with Crippen LogP contribution in [0.5, 0.6) is 0 Å².